The van der Waals surface area contributed by atoms with E-state index in [1.54, 1.807) is 0 Å². The molecule has 1 unspecified atom stereocenters. The van der Waals surface area contributed by atoms with E-state index < -0.39 is 8.07 Å². The van der Waals surface area contributed by atoms with Crippen molar-refractivity contribution in [3.63, 3.8) is 0 Å². The standard InChI is InChI=1S/C13H26OSi/c1-11(2)8-7-9-12(3)10-13(14)15(4,5)6/h8,10,13-14H,7,9H2,1-6H3/b12-10+. The quantitative estimate of drug-likeness (QED) is 0.556. The predicted octanol–water partition coefficient (Wildman–Crippen LogP) is 3.92. The molecule has 0 bridgehead atoms. The predicted molar refractivity (Wildman–Crippen MR) is 71.8 cm³/mol. The Morgan fingerprint density at radius 2 is 1.73 bits per heavy atom. The Hall–Kier alpha value is -0.343. The number of aliphatic hydroxyl groups is 1. The lowest BCUT2D eigenvalue weighted by atomic mass is 10.1. The van der Waals surface area contributed by atoms with Crippen LogP contribution in [0.5, 0.6) is 0 Å². The van der Waals surface area contributed by atoms with Gasteiger partial charge in [0, 0.05) is 0 Å². The summed E-state index contributed by atoms with van der Waals surface area (Å²) < 4.78 is 0. The van der Waals surface area contributed by atoms with Crippen LogP contribution in [-0.4, -0.2) is 18.9 Å². The Labute approximate surface area is 95.9 Å². The van der Waals surface area contributed by atoms with Crippen molar-refractivity contribution >= 4 is 8.07 Å². The van der Waals surface area contributed by atoms with Gasteiger partial charge >= 0.3 is 0 Å². The summed E-state index contributed by atoms with van der Waals surface area (Å²) in [4.78, 5) is 0. The molecule has 0 aliphatic rings. The van der Waals surface area contributed by atoms with E-state index in [-0.39, 0.29) is 5.73 Å². The maximum absolute atomic E-state index is 9.93. The number of hydrogen-bond acceptors (Lipinski definition) is 1. The first-order valence-corrected chi connectivity index (χ1v) is 9.30. The molecule has 1 N–H and O–H groups in total. The van der Waals surface area contributed by atoms with Crippen molar-refractivity contribution in [2.75, 3.05) is 0 Å². The summed E-state index contributed by atoms with van der Waals surface area (Å²) in [6.45, 7) is 12.9. The summed E-state index contributed by atoms with van der Waals surface area (Å²) in [6, 6.07) is 0. The van der Waals surface area contributed by atoms with Gasteiger partial charge in [-0.1, -0.05) is 42.9 Å². The summed E-state index contributed by atoms with van der Waals surface area (Å²) in [7, 11) is -1.42. The van der Waals surface area contributed by atoms with Crippen LogP contribution in [0.15, 0.2) is 23.3 Å². The smallest absolute Gasteiger partial charge is 0.0831 e. The van der Waals surface area contributed by atoms with E-state index in [4.69, 9.17) is 0 Å². The van der Waals surface area contributed by atoms with Gasteiger partial charge in [0.2, 0.25) is 0 Å². The van der Waals surface area contributed by atoms with Crippen LogP contribution >= 0.6 is 0 Å². The third-order valence-electron chi connectivity index (χ3n) is 2.42. The molecule has 0 aliphatic heterocycles. The first-order valence-electron chi connectivity index (χ1n) is 5.72. The molecule has 2 heteroatoms. The minimum atomic E-state index is -1.42. The Bertz CT molecular complexity index is 242. The van der Waals surface area contributed by atoms with Crippen LogP contribution in [0.4, 0.5) is 0 Å². The van der Waals surface area contributed by atoms with Crippen LogP contribution in [-0.2, 0) is 0 Å². The lowest BCUT2D eigenvalue weighted by Crippen LogP contribution is -2.36. The molecule has 0 amide bonds. The highest BCUT2D eigenvalue weighted by atomic mass is 28.3. The van der Waals surface area contributed by atoms with Gasteiger partial charge in [-0.3, -0.25) is 0 Å². The number of aliphatic hydroxyl groups excluding tert-OH is 1. The molecule has 0 spiro atoms. The molecule has 0 aromatic rings. The van der Waals surface area contributed by atoms with Crippen LogP contribution in [0.3, 0.4) is 0 Å². The van der Waals surface area contributed by atoms with Crippen molar-refractivity contribution in [3.05, 3.63) is 23.3 Å². The summed E-state index contributed by atoms with van der Waals surface area (Å²) >= 11 is 0. The second kappa shape index (κ2) is 6.29. The highest BCUT2D eigenvalue weighted by Crippen LogP contribution is 2.13. The van der Waals surface area contributed by atoms with E-state index in [1.165, 1.54) is 11.1 Å². The zero-order valence-electron chi connectivity index (χ0n) is 11.1. The molecule has 1 nitrogen and oxygen atoms in total. The van der Waals surface area contributed by atoms with Crippen molar-refractivity contribution in [3.8, 4) is 0 Å². The second-order valence-electron chi connectivity index (χ2n) is 5.64. The van der Waals surface area contributed by atoms with Gasteiger partial charge in [-0.25, -0.2) is 0 Å². The Morgan fingerprint density at radius 3 is 2.13 bits per heavy atom. The Kier molecular flexibility index (Phi) is 6.14. The van der Waals surface area contributed by atoms with Crippen molar-refractivity contribution in [2.24, 2.45) is 0 Å². The molecule has 0 aromatic carbocycles. The maximum atomic E-state index is 9.93. The molecule has 0 fully saturated rings. The van der Waals surface area contributed by atoms with E-state index in [2.05, 4.69) is 46.5 Å². The zero-order valence-corrected chi connectivity index (χ0v) is 12.1. The molecule has 88 valence electrons. The lowest BCUT2D eigenvalue weighted by molar-refractivity contribution is 0.290. The highest BCUT2D eigenvalue weighted by Gasteiger charge is 2.22. The fraction of sp³-hybridized carbons (Fsp3) is 0.692. The minimum absolute atomic E-state index is 0.204. The molecule has 15 heavy (non-hydrogen) atoms. The molecule has 1 atom stereocenters. The number of hydrogen-bond donors (Lipinski definition) is 1. The third-order valence-corrected chi connectivity index (χ3v) is 4.36. The summed E-state index contributed by atoms with van der Waals surface area (Å²) in [5.41, 5.74) is 2.47. The number of rotatable bonds is 5. The van der Waals surface area contributed by atoms with E-state index in [9.17, 15) is 5.11 Å². The second-order valence-corrected chi connectivity index (χ2v) is 11.0. The molecule has 0 saturated carbocycles. The Morgan fingerprint density at radius 1 is 1.20 bits per heavy atom. The lowest BCUT2D eigenvalue weighted by Gasteiger charge is -2.21. The molecular formula is C13H26OSi. The average Bonchev–Trinajstić information content (AvgIpc) is 2.01. The van der Waals surface area contributed by atoms with Gasteiger partial charge in [0.15, 0.2) is 0 Å². The van der Waals surface area contributed by atoms with E-state index in [1.807, 2.05) is 6.08 Å². The maximum Gasteiger partial charge on any atom is 0.0831 e. The normalized spacial score (nSPS) is 15.0. The van der Waals surface area contributed by atoms with E-state index in [0.29, 0.717) is 0 Å². The number of allylic oxidation sites excluding steroid dienone is 3. The third kappa shape index (κ3) is 7.57. The van der Waals surface area contributed by atoms with Crippen LogP contribution in [0, 0.1) is 0 Å². The monoisotopic (exact) mass is 226 g/mol. The van der Waals surface area contributed by atoms with Gasteiger partial charge in [-0.2, -0.15) is 0 Å². The van der Waals surface area contributed by atoms with Crippen molar-refractivity contribution in [1.82, 2.24) is 0 Å². The van der Waals surface area contributed by atoms with Gasteiger partial charge in [0.1, 0.15) is 0 Å². The van der Waals surface area contributed by atoms with Crippen LogP contribution < -0.4 is 0 Å². The van der Waals surface area contributed by atoms with E-state index >= 15 is 0 Å². The van der Waals surface area contributed by atoms with Gasteiger partial charge in [0.25, 0.3) is 0 Å². The van der Waals surface area contributed by atoms with Crippen molar-refractivity contribution in [1.29, 1.82) is 0 Å². The average molecular weight is 226 g/mol. The molecule has 0 saturated heterocycles. The summed E-state index contributed by atoms with van der Waals surface area (Å²) in [6.07, 6.45) is 6.44. The SMILES string of the molecule is CC(C)=CCC/C(C)=C/C(O)[Si](C)(C)C. The van der Waals surface area contributed by atoms with Gasteiger partial charge in [0.05, 0.1) is 13.8 Å². The first kappa shape index (κ1) is 14.7. The summed E-state index contributed by atoms with van der Waals surface area (Å²) in [5.74, 6) is 0. The molecule has 0 aromatic heterocycles. The van der Waals surface area contributed by atoms with Crippen molar-refractivity contribution < 1.29 is 5.11 Å². The molecular weight excluding hydrogens is 200 g/mol. The van der Waals surface area contributed by atoms with Crippen LogP contribution in [0.25, 0.3) is 0 Å². The van der Waals surface area contributed by atoms with Crippen molar-refractivity contribution in [2.45, 2.75) is 59.0 Å². The molecule has 0 aliphatic carbocycles. The highest BCUT2D eigenvalue weighted by molar-refractivity contribution is 6.77. The molecule has 0 heterocycles. The van der Waals surface area contributed by atoms with E-state index in [0.717, 1.165) is 12.8 Å². The molecule has 0 rings (SSSR count). The fourth-order valence-electron chi connectivity index (χ4n) is 1.19. The Balaban J connectivity index is 4.15. The van der Waals surface area contributed by atoms with Gasteiger partial charge < -0.3 is 5.11 Å². The van der Waals surface area contributed by atoms with Crippen LogP contribution in [0.2, 0.25) is 19.6 Å². The van der Waals surface area contributed by atoms with Gasteiger partial charge in [-0.15, -0.1) is 0 Å². The van der Waals surface area contributed by atoms with Gasteiger partial charge in [-0.05, 0) is 33.6 Å². The topological polar surface area (TPSA) is 20.2 Å². The molecule has 0 radical (unpaired) electrons. The summed E-state index contributed by atoms with van der Waals surface area (Å²) in [5, 5.41) is 9.93. The fourth-order valence-corrected chi connectivity index (χ4v) is 1.98. The zero-order chi connectivity index (χ0) is 12.1. The minimum Gasteiger partial charge on any atom is -0.393 e. The largest absolute Gasteiger partial charge is 0.393 e. The first-order chi connectivity index (χ1) is 6.73. The van der Waals surface area contributed by atoms with Crippen LogP contribution in [0.1, 0.15) is 33.6 Å².